The Morgan fingerprint density at radius 1 is 0.952 bits per heavy atom. The second-order valence-electron chi connectivity index (χ2n) is 4.96. The normalized spacial score (nSPS) is 14.9. The van der Waals surface area contributed by atoms with Crippen LogP contribution in [-0.4, -0.2) is 42.8 Å². The first-order valence-electron chi connectivity index (χ1n) is 7.33. The lowest BCUT2D eigenvalue weighted by Crippen LogP contribution is -2.22. The molecule has 0 aromatic carbocycles. The molecule has 7 nitrogen and oxygen atoms in total. The second kappa shape index (κ2) is 5.93. The van der Waals surface area contributed by atoms with Crippen molar-refractivity contribution in [3.63, 3.8) is 0 Å². The number of hydrogen-bond donors (Lipinski definition) is 0. The molecule has 112 valence electrons. The summed E-state index contributed by atoms with van der Waals surface area (Å²) in [7, 11) is 0. The van der Waals surface area contributed by atoms with Crippen molar-refractivity contribution in [3.8, 4) is 5.95 Å². The monoisotopic (exact) mass is 307 g/mol. The van der Waals surface area contributed by atoms with Crippen LogP contribution in [0.2, 0.25) is 5.28 Å². The Hall–Kier alpha value is -1.76. The minimum Gasteiger partial charge on any atom is -0.341 e. The van der Waals surface area contributed by atoms with Crippen LogP contribution in [0.4, 0.5) is 5.95 Å². The number of aryl methyl sites for hydroxylation is 2. The summed E-state index contributed by atoms with van der Waals surface area (Å²) in [6.07, 6.45) is 3.84. The summed E-state index contributed by atoms with van der Waals surface area (Å²) in [6.45, 7) is 5.97. The molecule has 0 spiro atoms. The van der Waals surface area contributed by atoms with E-state index in [2.05, 4.69) is 29.9 Å². The number of halogens is 1. The molecule has 1 fully saturated rings. The first-order chi connectivity index (χ1) is 10.2. The van der Waals surface area contributed by atoms with Gasteiger partial charge >= 0.3 is 0 Å². The van der Waals surface area contributed by atoms with Gasteiger partial charge in [0.25, 0.3) is 5.95 Å². The molecule has 0 atom stereocenters. The Labute approximate surface area is 128 Å². The summed E-state index contributed by atoms with van der Waals surface area (Å²) in [5.74, 6) is 2.69. The number of hydrogen-bond acceptors (Lipinski definition) is 6. The zero-order chi connectivity index (χ0) is 14.8. The smallest absolute Gasteiger partial charge is 0.258 e. The molecule has 8 heteroatoms. The first kappa shape index (κ1) is 14.2. The fourth-order valence-electron chi connectivity index (χ4n) is 2.41. The lowest BCUT2D eigenvalue weighted by atomic mass is 10.4. The largest absolute Gasteiger partial charge is 0.341 e. The third kappa shape index (κ3) is 2.83. The van der Waals surface area contributed by atoms with E-state index in [1.807, 2.05) is 13.8 Å². The summed E-state index contributed by atoms with van der Waals surface area (Å²) in [4.78, 5) is 19.6. The van der Waals surface area contributed by atoms with Gasteiger partial charge in [0.1, 0.15) is 5.82 Å². The van der Waals surface area contributed by atoms with Crippen LogP contribution in [0.25, 0.3) is 5.95 Å². The van der Waals surface area contributed by atoms with Crippen LogP contribution < -0.4 is 4.90 Å². The van der Waals surface area contributed by atoms with Gasteiger partial charge in [-0.1, -0.05) is 13.8 Å². The Kier molecular flexibility index (Phi) is 4.01. The van der Waals surface area contributed by atoms with Gasteiger partial charge in [0, 0.05) is 25.9 Å². The Bertz CT molecular complexity index is 633. The van der Waals surface area contributed by atoms with Gasteiger partial charge in [-0.15, -0.1) is 5.10 Å². The molecule has 1 aliphatic rings. The number of rotatable bonds is 4. The number of nitrogens with zero attached hydrogens (tertiary/aromatic N) is 7. The fourth-order valence-corrected chi connectivity index (χ4v) is 2.56. The molecule has 3 rings (SSSR count). The van der Waals surface area contributed by atoms with E-state index in [0.717, 1.165) is 50.4 Å². The molecular formula is C13H18ClN7. The van der Waals surface area contributed by atoms with Crippen molar-refractivity contribution in [3.05, 3.63) is 16.9 Å². The molecular weight excluding hydrogens is 290 g/mol. The van der Waals surface area contributed by atoms with Crippen molar-refractivity contribution < 1.29 is 0 Å². The van der Waals surface area contributed by atoms with Gasteiger partial charge in [0.05, 0.1) is 0 Å². The lowest BCUT2D eigenvalue weighted by Gasteiger charge is -2.15. The second-order valence-corrected chi connectivity index (χ2v) is 5.30. The SMILES string of the molecule is CCc1nc(CC)n(-c2nc(Cl)nc(N3CCCC3)n2)n1. The Morgan fingerprint density at radius 2 is 1.67 bits per heavy atom. The summed E-state index contributed by atoms with van der Waals surface area (Å²) in [5, 5.41) is 4.65. The minimum atomic E-state index is 0.192. The quantitative estimate of drug-likeness (QED) is 0.858. The van der Waals surface area contributed by atoms with Crippen LogP contribution in [0.1, 0.15) is 38.3 Å². The van der Waals surface area contributed by atoms with Crippen molar-refractivity contribution in [1.82, 2.24) is 29.7 Å². The molecule has 0 aliphatic carbocycles. The predicted molar refractivity (Wildman–Crippen MR) is 80.0 cm³/mol. The maximum atomic E-state index is 6.06. The van der Waals surface area contributed by atoms with E-state index in [9.17, 15) is 0 Å². The van der Waals surface area contributed by atoms with E-state index in [1.54, 1.807) is 4.68 Å². The summed E-state index contributed by atoms with van der Waals surface area (Å²) in [5.41, 5.74) is 0. The number of aromatic nitrogens is 6. The third-order valence-corrected chi connectivity index (χ3v) is 3.68. The molecule has 0 bridgehead atoms. The zero-order valence-corrected chi connectivity index (χ0v) is 13.0. The average Bonchev–Trinajstić information content (AvgIpc) is 3.15. The van der Waals surface area contributed by atoms with E-state index in [0.29, 0.717) is 11.9 Å². The lowest BCUT2D eigenvalue weighted by molar-refractivity contribution is 0.728. The molecule has 0 amide bonds. The van der Waals surface area contributed by atoms with E-state index in [-0.39, 0.29) is 5.28 Å². The van der Waals surface area contributed by atoms with Gasteiger partial charge in [-0.3, -0.25) is 0 Å². The van der Waals surface area contributed by atoms with Gasteiger partial charge in [-0.05, 0) is 24.4 Å². The van der Waals surface area contributed by atoms with Crippen LogP contribution in [0.3, 0.4) is 0 Å². The van der Waals surface area contributed by atoms with Gasteiger partial charge in [-0.2, -0.15) is 19.6 Å². The highest BCUT2D eigenvalue weighted by Crippen LogP contribution is 2.18. The molecule has 1 aliphatic heterocycles. The first-order valence-corrected chi connectivity index (χ1v) is 7.70. The zero-order valence-electron chi connectivity index (χ0n) is 12.3. The molecule has 0 saturated carbocycles. The van der Waals surface area contributed by atoms with Crippen LogP contribution in [-0.2, 0) is 12.8 Å². The predicted octanol–water partition coefficient (Wildman–Crippen LogP) is 1.83. The van der Waals surface area contributed by atoms with Crippen molar-refractivity contribution in [2.45, 2.75) is 39.5 Å². The fraction of sp³-hybridized carbons (Fsp3) is 0.615. The molecule has 21 heavy (non-hydrogen) atoms. The summed E-state index contributed by atoms with van der Waals surface area (Å²) < 4.78 is 1.67. The Balaban J connectivity index is 2.03. The van der Waals surface area contributed by atoms with E-state index < -0.39 is 0 Å². The maximum absolute atomic E-state index is 6.06. The average molecular weight is 308 g/mol. The Morgan fingerprint density at radius 3 is 2.33 bits per heavy atom. The highest BCUT2D eigenvalue weighted by Gasteiger charge is 2.19. The van der Waals surface area contributed by atoms with Crippen molar-refractivity contribution in [2.24, 2.45) is 0 Å². The molecule has 0 unspecified atom stereocenters. The standard InChI is InChI=1S/C13H18ClN7/c1-3-9-15-10(4-2)21(19-9)13-17-11(14)16-12(18-13)20-7-5-6-8-20/h3-8H2,1-2H3. The highest BCUT2D eigenvalue weighted by molar-refractivity contribution is 6.28. The molecule has 0 N–H and O–H groups in total. The summed E-state index contributed by atoms with van der Waals surface area (Å²) in [6, 6.07) is 0. The van der Waals surface area contributed by atoms with E-state index in [1.165, 1.54) is 0 Å². The summed E-state index contributed by atoms with van der Waals surface area (Å²) >= 11 is 6.06. The molecule has 3 heterocycles. The molecule has 2 aromatic rings. The van der Waals surface area contributed by atoms with Crippen molar-refractivity contribution >= 4 is 17.5 Å². The van der Waals surface area contributed by atoms with Crippen molar-refractivity contribution in [1.29, 1.82) is 0 Å². The van der Waals surface area contributed by atoms with Gasteiger partial charge in [0.2, 0.25) is 11.2 Å². The topological polar surface area (TPSA) is 72.6 Å². The molecule has 2 aromatic heterocycles. The van der Waals surface area contributed by atoms with Crippen molar-refractivity contribution in [2.75, 3.05) is 18.0 Å². The van der Waals surface area contributed by atoms with Crippen LogP contribution in [0.15, 0.2) is 0 Å². The minimum absolute atomic E-state index is 0.192. The van der Waals surface area contributed by atoms with Gasteiger partial charge in [-0.25, -0.2) is 4.98 Å². The molecule has 1 saturated heterocycles. The van der Waals surface area contributed by atoms with Crippen LogP contribution in [0.5, 0.6) is 0 Å². The van der Waals surface area contributed by atoms with Crippen LogP contribution >= 0.6 is 11.6 Å². The highest BCUT2D eigenvalue weighted by atomic mass is 35.5. The van der Waals surface area contributed by atoms with Gasteiger partial charge < -0.3 is 4.90 Å². The van der Waals surface area contributed by atoms with Gasteiger partial charge in [0.15, 0.2) is 5.82 Å². The maximum Gasteiger partial charge on any atom is 0.258 e. The van der Waals surface area contributed by atoms with E-state index >= 15 is 0 Å². The molecule has 0 radical (unpaired) electrons. The number of anilines is 1. The third-order valence-electron chi connectivity index (χ3n) is 3.51. The van der Waals surface area contributed by atoms with E-state index in [4.69, 9.17) is 11.6 Å². The van der Waals surface area contributed by atoms with Crippen LogP contribution in [0, 0.1) is 0 Å².